The third-order valence-corrected chi connectivity index (χ3v) is 6.12. The molecular formula is C23H25N3OS. The van der Waals surface area contributed by atoms with Crippen molar-refractivity contribution in [2.45, 2.75) is 47.0 Å². The van der Waals surface area contributed by atoms with Crippen molar-refractivity contribution in [1.29, 1.82) is 0 Å². The van der Waals surface area contributed by atoms with Gasteiger partial charge in [-0.1, -0.05) is 45.0 Å². The zero-order valence-electron chi connectivity index (χ0n) is 17.2. The first-order chi connectivity index (χ1) is 13.2. The van der Waals surface area contributed by atoms with E-state index in [-0.39, 0.29) is 11.0 Å². The second kappa shape index (κ2) is 6.45. The maximum atomic E-state index is 13.5. The molecule has 0 saturated heterocycles. The van der Waals surface area contributed by atoms with Crippen LogP contribution in [0.4, 0.5) is 0 Å². The number of fused-ring (bicyclic) bond motifs is 1. The van der Waals surface area contributed by atoms with E-state index >= 15 is 0 Å². The molecule has 0 aliphatic heterocycles. The minimum atomic E-state index is -0.0268. The van der Waals surface area contributed by atoms with Crippen molar-refractivity contribution in [3.05, 3.63) is 74.9 Å². The Morgan fingerprint density at radius 3 is 2.07 bits per heavy atom. The molecule has 3 aromatic heterocycles. The van der Waals surface area contributed by atoms with Crippen molar-refractivity contribution in [1.82, 2.24) is 14.3 Å². The first kappa shape index (κ1) is 18.7. The normalized spacial score (nSPS) is 12.1. The van der Waals surface area contributed by atoms with E-state index in [0.29, 0.717) is 11.2 Å². The lowest BCUT2D eigenvalue weighted by Gasteiger charge is -2.19. The van der Waals surface area contributed by atoms with Crippen LogP contribution in [0.1, 0.15) is 43.5 Å². The highest BCUT2D eigenvalue weighted by Gasteiger charge is 2.19. The van der Waals surface area contributed by atoms with Gasteiger partial charge in [0.15, 0.2) is 0 Å². The molecular weight excluding hydrogens is 366 g/mol. The Bertz CT molecular complexity index is 1210. The van der Waals surface area contributed by atoms with E-state index in [9.17, 15) is 4.79 Å². The standard InChI is InChI=1S/C23H25N3OS/c1-14-7-8-15(2)25(14)26-16(3)24-21-20(22(26)27)19(13-28-21)17-9-11-18(12-10-17)23(4,5)6/h7-13H,1-6H3. The van der Waals surface area contributed by atoms with Gasteiger partial charge in [0.2, 0.25) is 0 Å². The number of hydrogen-bond donors (Lipinski definition) is 0. The second-order valence-electron chi connectivity index (χ2n) is 8.36. The lowest BCUT2D eigenvalue weighted by Crippen LogP contribution is -2.30. The van der Waals surface area contributed by atoms with Gasteiger partial charge in [-0.3, -0.25) is 9.47 Å². The molecule has 0 radical (unpaired) electrons. The van der Waals surface area contributed by atoms with Gasteiger partial charge < -0.3 is 0 Å². The highest BCUT2D eigenvalue weighted by molar-refractivity contribution is 7.17. The highest BCUT2D eigenvalue weighted by atomic mass is 32.1. The molecule has 0 aliphatic rings. The first-order valence-electron chi connectivity index (χ1n) is 9.46. The minimum absolute atomic E-state index is 0.0268. The summed E-state index contributed by atoms with van der Waals surface area (Å²) in [5.41, 5.74) is 5.38. The quantitative estimate of drug-likeness (QED) is 0.455. The van der Waals surface area contributed by atoms with E-state index in [4.69, 9.17) is 4.98 Å². The zero-order chi connectivity index (χ0) is 20.2. The highest BCUT2D eigenvalue weighted by Crippen LogP contribution is 2.32. The molecule has 3 heterocycles. The molecule has 144 valence electrons. The van der Waals surface area contributed by atoms with Crippen LogP contribution in [0.25, 0.3) is 21.3 Å². The number of thiophene rings is 1. The first-order valence-corrected chi connectivity index (χ1v) is 10.3. The van der Waals surface area contributed by atoms with E-state index in [1.54, 1.807) is 4.68 Å². The summed E-state index contributed by atoms with van der Waals surface area (Å²) in [6, 6.07) is 12.6. The van der Waals surface area contributed by atoms with Crippen molar-refractivity contribution in [3.8, 4) is 11.1 Å². The number of aryl methyl sites for hydroxylation is 3. The molecule has 0 N–H and O–H groups in total. The summed E-state index contributed by atoms with van der Waals surface area (Å²) < 4.78 is 3.63. The van der Waals surface area contributed by atoms with E-state index in [2.05, 4.69) is 45.0 Å². The van der Waals surface area contributed by atoms with Gasteiger partial charge in [-0.05, 0) is 49.4 Å². The molecule has 0 fully saturated rings. The molecule has 4 nitrogen and oxygen atoms in total. The van der Waals surface area contributed by atoms with Crippen LogP contribution in [0, 0.1) is 20.8 Å². The molecule has 0 bridgehead atoms. The zero-order valence-corrected chi connectivity index (χ0v) is 18.0. The van der Waals surface area contributed by atoms with Gasteiger partial charge in [0.1, 0.15) is 10.7 Å². The SMILES string of the molecule is Cc1ccc(C)n1-n1c(C)nc2scc(-c3ccc(C(C)(C)C)cc3)c2c1=O. The fourth-order valence-corrected chi connectivity index (χ4v) is 4.64. The fourth-order valence-electron chi connectivity index (χ4n) is 3.66. The summed E-state index contributed by atoms with van der Waals surface area (Å²) in [6.07, 6.45) is 0. The average Bonchev–Trinajstić information content (AvgIpc) is 3.19. The van der Waals surface area contributed by atoms with Gasteiger partial charge in [-0.15, -0.1) is 11.3 Å². The maximum Gasteiger partial charge on any atom is 0.282 e. The molecule has 0 spiro atoms. The fraction of sp³-hybridized carbons (Fsp3) is 0.304. The summed E-state index contributed by atoms with van der Waals surface area (Å²) in [7, 11) is 0. The van der Waals surface area contributed by atoms with Gasteiger partial charge in [0.05, 0.1) is 5.39 Å². The molecule has 28 heavy (non-hydrogen) atoms. The van der Waals surface area contributed by atoms with Crippen LogP contribution in [0.5, 0.6) is 0 Å². The van der Waals surface area contributed by atoms with Crippen molar-refractivity contribution in [3.63, 3.8) is 0 Å². The topological polar surface area (TPSA) is 39.8 Å². The summed E-state index contributed by atoms with van der Waals surface area (Å²) in [5.74, 6) is 0.691. The van der Waals surface area contributed by atoms with Crippen molar-refractivity contribution < 1.29 is 0 Å². The van der Waals surface area contributed by atoms with Gasteiger partial charge >= 0.3 is 0 Å². The van der Waals surface area contributed by atoms with Crippen LogP contribution < -0.4 is 5.56 Å². The van der Waals surface area contributed by atoms with E-state index in [1.807, 2.05) is 43.0 Å². The van der Waals surface area contributed by atoms with Crippen LogP contribution in [0.15, 0.2) is 46.6 Å². The van der Waals surface area contributed by atoms with E-state index in [0.717, 1.165) is 27.3 Å². The summed E-state index contributed by atoms with van der Waals surface area (Å²) in [6.45, 7) is 12.5. The summed E-state index contributed by atoms with van der Waals surface area (Å²) in [5, 5.41) is 2.73. The third-order valence-electron chi connectivity index (χ3n) is 5.24. The number of aromatic nitrogens is 3. The van der Waals surface area contributed by atoms with E-state index < -0.39 is 0 Å². The Kier molecular flexibility index (Phi) is 4.31. The van der Waals surface area contributed by atoms with E-state index in [1.165, 1.54) is 16.9 Å². The summed E-state index contributed by atoms with van der Waals surface area (Å²) >= 11 is 1.53. The second-order valence-corrected chi connectivity index (χ2v) is 9.22. The van der Waals surface area contributed by atoms with Gasteiger partial charge in [-0.25, -0.2) is 4.98 Å². The van der Waals surface area contributed by atoms with Crippen LogP contribution in [0.2, 0.25) is 0 Å². The van der Waals surface area contributed by atoms with Crippen LogP contribution in [0.3, 0.4) is 0 Å². The Balaban J connectivity index is 1.96. The molecule has 0 aliphatic carbocycles. The molecule has 5 heteroatoms. The molecule has 1 aromatic carbocycles. The molecule has 0 saturated carbocycles. The Hall–Kier alpha value is -2.66. The van der Waals surface area contributed by atoms with Gasteiger partial charge in [-0.2, -0.15) is 4.68 Å². The van der Waals surface area contributed by atoms with Crippen molar-refractivity contribution in [2.75, 3.05) is 0 Å². The Morgan fingerprint density at radius 1 is 0.893 bits per heavy atom. The van der Waals surface area contributed by atoms with Crippen molar-refractivity contribution >= 4 is 21.6 Å². The monoisotopic (exact) mass is 391 g/mol. The average molecular weight is 392 g/mol. The van der Waals surface area contributed by atoms with Crippen LogP contribution in [-0.2, 0) is 5.41 Å². The smallest absolute Gasteiger partial charge is 0.267 e. The lowest BCUT2D eigenvalue weighted by atomic mass is 9.86. The Labute approximate surface area is 169 Å². The van der Waals surface area contributed by atoms with Crippen LogP contribution >= 0.6 is 11.3 Å². The molecule has 4 aromatic rings. The molecule has 4 rings (SSSR count). The van der Waals surface area contributed by atoms with Crippen LogP contribution in [-0.4, -0.2) is 14.3 Å². The van der Waals surface area contributed by atoms with Crippen molar-refractivity contribution in [2.24, 2.45) is 0 Å². The lowest BCUT2D eigenvalue weighted by molar-refractivity contribution is 0.574. The minimum Gasteiger partial charge on any atom is -0.267 e. The number of benzene rings is 1. The van der Waals surface area contributed by atoms with Gasteiger partial charge in [0, 0.05) is 22.3 Å². The molecule has 0 amide bonds. The number of nitrogens with zero attached hydrogens (tertiary/aromatic N) is 3. The maximum absolute atomic E-state index is 13.5. The largest absolute Gasteiger partial charge is 0.282 e. The molecule has 0 atom stereocenters. The Morgan fingerprint density at radius 2 is 1.50 bits per heavy atom. The molecule has 0 unspecified atom stereocenters. The summed E-state index contributed by atoms with van der Waals surface area (Å²) in [4.78, 5) is 19.1. The predicted molar refractivity (Wildman–Crippen MR) is 117 cm³/mol. The number of hydrogen-bond acceptors (Lipinski definition) is 3. The van der Waals surface area contributed by atoms with Gasteiger partial charge in [0.25, 0.3) is 5.56 Å². The predicted octanol–water partition coefficient (Wildman–Crippen LogP) is 5.46. The number of rotatable bonds is 2. The third kappa shape index (κ3) is 2.90.